The Bertz CT molecular complexity index is 1070. The van der Waals surface area contributed by atoms with Crippen LogP contribution in [0, 0.1) is 0 Å². The maximum atomic E-state index is 13.7. The van der Waals surface area contributed by atoms with E-state index in [0.717, 1.165) is 56.0 Å². The fourth-order valence-electron chi connectivity index (χ4n) is 3.75. The molecule has 0 spiro atoms. The second-order valence-corrected chi connectivity index (χ2v) is 8.79. The first-order valence-corrected chi connectivity index (χ1v) is 12.7. The lowest BCUT2D eigenvalue weighted by atomic mass is 10.1. The minimum absolute atomic E-state index is 0.0674. The van der Waals surface area contributed by atoms with Gasteiger partial charge in [-0.15, -0.1) is 0 Å². The van der Waals surface area contributed by atoms with E-state index in [2.05, 4.69) is 34.4 Å². The van der Waals surface area contributed by atoms with Gasteiger partial charge in [-0.3, -0.25) is 0 Å². The van der Waals surface area contributed by atoms with E-state index in [9.17, 15) is 13.2 Å². The normalized spacial score (nSPS) is 11.4. The van der Waals surface area contributed by atoms with Crippen LogP contribution >= 0.6 is 0 Å². The molecule has 0 aliphatic rings. The number of hydrogen-bond donors (Lipinski definition) is 2. The molecule has 0 aliphatic heterocycles. The van der Waals surface area contributed by atoms with Crippen molar-refractivity contribution in [3.05, 3.63) is 65.9 Å². The summed E-state index contributed by atoms with van der Waals surface area (Å²) in [6, 6.07) is 14.6. The molecule has 2 N–H and O–H groups in total. The molecule has 0 radical (unpaired) electrons. The Kier molecular flexibility index (Phi) is 10.4. The van der Waals surface area contributed by atoms with Crippen molar-refractivity contribution < 1.29 is 17.9 Å². The molecule has 0 saturated heterocycles. The quantitative estimate of drug-likeness (QED) is 0.217. The van der Waals surface area contributed by atoms with Crippen molar-refractivity contribution in [3.8, 4) is 5.75 Å². The standard InChI is InChI=1S/C28H35F3N4O/c1-3-5-7-9-18-36-24-16-14-22(15-17-24)34-27-32-20-25(28(29,30)31)26(35-27)33-23-13-10-12-21(19-23)11-8-6-4-2/h10,12-17,19-20H,3-9,11,18H2,1-2H3,(H2,32,33,34,35). The summed E-state index contributed by atoms with van der Waals surface area (Å²) in [5, 5.41) is 5.83. The largest absolute Gasteiger partial charge is 0.494 e. The average molecular weight is 501 g/mol. The molecular weight excluding hydrogens is 465 g/mol. The van der Waals surface area contributed by atoms with Crippen molar-refractivity contribution in [1.82, 2.24) is 9.97 Å². The van der Waals surface area contributed by atoms with E-state index in [4.69, 9.17) is 4.74 Å². The number of rotatable bonds is 14. The van der Waals surface area contributed by atoms with Gasteiger partial charge in [0.25, 0.3) is 0 Å². The molecule has 194 valence electrons. The van der Waals surface area contributed by atoms with Gasteiger partial charge in [-0.25, -0.2) is 4.98 Å². The lowest BCUT2D eigenvalue weighted by molar-refractivity contribution is -0.137. The number of unbranched alkanes of at least 4 members (excludes halogenated alkanes) is 5. The van der Waals surface area contributed by atoms with Crippen LogP contribution in [-0.2, 0) is 12.6 Å². The molecule has 8 heteroatoms. The number of alkyl halides is 3. The maximum absolute atomic E-state index is 13.7. The van der Waals surface area contributed by atoms with Gasteiger partial charge >= 0.3 is 6.18 Å². The molecule has 0 amide bonds. The van der Waals surface area contributed by atoms with E-state index in [1.165, 1.54) is 12.8 Å². The fourth-order valence-corrected chi connectivity index (χ4v) is 3.75. The molecule has 5 nitrogen and oxygen atoms in total. The van der Waals surface area contributed by atoms with Crippen molar-refractivity contribution in [2.45, 2.75) is 71.4 Å². The van der Waals surface area contributed by atoms with Crippen LogP contribution in [-0.4, -0.2) is 16.6 Å². The zero-order valence-electron chi connectivity index (χ0n) is 21.0. The van der Waals surface area contributed by atoms with Crippen molar-refractivity contribution >= 4 is 23.1 Å². The molecule has 1 aromatic heterocycles. The van der Waals surface area contributed by atoms with Gasteiger partial charge in [0.1, 0.15) is 17.1 Å². The Morgan fingerprint density at radius 1 is 0.833 bits per heavy atom. The van der Waals surface area contributed by atoms with Crippen LogP contribution in [0.2, 0.25) is 0 Å². The topological polar surface area (TPSA) is 59.1 Å². The molecule has 1 heterocycles. The van der Waals surface area contributed by atoms with Gasteiger partial charge in [-0.1, -0.05) is 58.1 Å². The number of aromatic nitrogens is 2. The molecule has 0 saturated carbocycles. The highest BCUT2D eigenvalue weighted by Gasteiger charge is 2.35. The fraction of sp³-hybridized carbons (Fsp3) is 0.429. The first-order chi connectivity index (χ1) is 17.4. The third kappa shape index (κ3) is 8.73. The van der Waals surface area contributed by atoms with E-state index in [1.54, 1.807) is 18.2 Å². The lowest BCUT2D eigenvalue weighted by Gasteiger charge is -2.15. The highest BCUT2D eigenvalue weighted by atomic mass is 19.4. The summed E-state index contributed by atoms with van der Waals surface area (Å²) in [4.78, 5) is 8.05. The molecular formula is C28H35F3N4O. The van der Waals surface area contributed by atoms with Crippen LogP contribution in [0.1, 0.15) is 69.9 Å². The van der Waals surface area contributed by atoms with E-state index in [0.29, 0.717) is 18.0 Å². The van der Waals surface area contributed by atoms with Gasteiger partial charge < -0.3 is 15.4 Å². The third-order valence-corrected chi connectivity index (χ3v) is 5.73. The monoisotopic (exact) mass is 500 g/mol. The van der Waals surface area contributed by atoms with Gasteiger partial charge in [-0.2, -0.15) is 18.2 Å². The van der Waals surface area contributed by atoms with Crippen LogP contribution in [0.25, 0.3) is 0 Å². The number of hydrogen-bond acceptors (Lipinski definition) is 5. The average Bonchev–Trinajstić information content (AvgIpc) is 2.85. The number of aryl methyl sites for hydroxylation is 1. The molecule has 2 aromatic carbocycles. The molecule has 0 aliphatic carbocycles. The van der Waals surface area contributed by atoms with Crippen molar-refractivity contribution in [2.24, 2.45) is 0 Å². The molecule has 0 unspecified atom stereocenters. The van der Waals surface area contributed by atoms with E-state index in [-0.39, 0.29) is 11.8 Å². The first kappa shape index (κ1) is 27.3. The second kappa shape index (κ2) is 13.7. The number of ether oxygens (including phenoxy) is 1. The summed E-state index contributed by atoms with van der Waals surface area (Å²) in [6.45, 7) is 4.96. The second-order valence-electron chi connectivity index (χ2n) is 8.79. The maximum Gasteiger partial charge on any atom is 0.421 e. The third-order valence-electron chi connectivity index (χ3n) is 5.73. The van der Waals surface area contributed by atoms with Gasteiger partial charge in [0.2, 0.25) is 5.95 Å². The summed E-state index contributed by atoms with van der Waals surface area (Å²) >= 11 is 0. The number of anilines is 4. The van der Waals surface area contributed by atoms with E-state index >= 15 is 0 Å². The molecule has 0 fully saturated rings. The smallest absolute Gasteiger partial charge is 0.421 e. The lowest BCUT2D eigenvalue weighted by Crippen LogP contribution is -2.12. The Hall–Kier alpha value is -3.29. The number of benzene rings is 2. The predicted molar refractivity (Wildman–Crippen MR) is 139 cm³/mol. The van der Waals surface area contributed by atoms with Crippen LogP contribution < -0.4 is 15.4 Å². The molecule has 36 heavy (non-hydrogen) atoms. The van der Waals surface area contributed by atoms with Gasteiger partial charge in [0.15, 0.2) is 0 Å². The summed E-state index contributed by atoms with van der Waals surface area (Å²) in [5.41, 5.74) is 1.36. The van der Waals surface area contributed by atoms with E-state index < -0.39 is 11.7 Å². The highest BCUT2D eigenvalue weighted by molar-refractivity contribution is 5.63. The zero-order chi connectivity index (χ0) is 25.8. The summed E-state index contributed by atoms with van der Waals surface area (Å²) < 4.78 is 46.7. The van der Waals surface area contributed by atoms with E-state index in [1.807, 2.05) is 30.3 Å². The van der Waals surface area contributed by atoms with Gasteiger partial charge in [0, 0.05) is 17.6 Å². The van der Waals surface area contributed by atoms with Crippen molar-refractivity contribution in [2.75, 3.05) is 17.2 Å². The van der Waals surface area contributed by atoms with Crippen LogP contribution in [0.5, 0.6) is 5.75 Å². The predicted octanol–water partition coefficient (Wildman–Crippen LogP) is 8.67. The number of halogens is 3. The van der Waals surface area contributed by atoms with Crippen LogP contribution in [0.3, 0.4) is 0 Å². The van der Waals surface area contributed by atoms with Crippen molar-refractivity contribution in [3.63, 3.8) is 0 Å². The number of nitrogens with zero attached hydrogens (tertiary/aromatic N) is 2. The Morgan fingerprint density at radius 2 is 1.58 bits per heavy atom. The minimum atomic E-state index is -4.59. The SMILES string of the molecule is CCCCCCOc1ccc(Nc2ncc(C(F)(F)F)c(Nc3cccc(CCCCC)c3)n2)cc1. The Morgan fingerprint density at radius 3 is 2.31 bits per heavy atom. The van der Waals surface area contributed by atoms with Gasteiger partial charge in [0.05, 0.1) is 6.61 Å². The van der Waals surface area contributed by atoms with Crippen molar-refractivity contribution in [1.29, 1.82) is 0 Å². The Labute approximate surface area is 211 Å². The minimum Gasteiger partial charge on any atom is -0.494 e. The van der Waals surface area contributed by atoms with Crippen LogP contribution in [0.4, 0.5) is 36.3 Å². The molecule has 3 rings (SSSR count). The molecule has 3 aromatic rings. The summed E-state index contributed by atoms with van der Waals surface area (Å²) in [6.07, 6.45) is 4.87. The zero-order valence-corrected chi connectivity index (χ0v) is 21.0. The van der Waals surface area contributed by atoms with Gasteiger partial charge in [-0.05, 0) is 61.2 Å². The Balaban J connectivity index is 1.70. The molecule has 0 bridgehead atoms. The summed E-state index contributed by atoms with van der Waals surface area (Å²) in [5.74, 6) is 0.516. The highest BCUT2D eigenvalue weighted by Crippen LogP contribution is 2.35. The number of nitrogens with one attached hydrogen (secondary N) is 2. The summed E-state index contributed by atoms with van der Waals surface area (Å²) in [7, 11) is 0. The molecule has 0 atom stereocenters. The first-order valence-electron chi connectivity index (χ1n) is 12.7. The van der Waals surface area contributed by atoms with Crippen LogP contribution in [0.15, 0.2) is 54.7 Å².